The van der Waals surface area contributed by atoms with Gasteiger partial charge in [-0.3, -0.25) is 4.79 Å². The number of nitriles is 1. The number of nitrogens with zero attached hydrogens (tertiary/aromatic N) is 4. The third-order valence-electron chi connectivity index (χ3n) is 5.84. The highest BCUT2D eigenvalue weighted by molar-refractivity contribution is 5.79. The molecule has 1 aliphatic heterocycles. The number of fused-ring (bicyclic) bond motifs is 1. The SMILES string of the molecule is CNC(=O)[C@@H]1CCCN(c2nc(Nc3ccc(F)c(C#N)c3)nc3c2CCCC3)C1. The lowest BCUT2D eigenvalue weighted by Gasteiger charge is -2.35. The number of benzene rings is 1. The molecule has 0 radical (unpaired) electrons. The van der Waals surface area contributed by atoms with Crippen LogP contribution in [0.1, 0.15) is 42.5 Å². The van der Waals surface area contributed by atoms with E-state index in [1.54, 1.807) is 13.1 Å². The Balaban J connectivity index is 1.67. The van der Waals surface area contributed by atoms with E-state index in [4.69, 9.17) is 15.2 Å². The van der Waals surface area contributed by atoms with Crippen molar-refractivity contribution in [1.29, 1.82) is 5.26 Å². The maximum Gasteiger partial charge on any atom is 0.229 e. The van der Waals surface area contributed by atoms with Crippen molar-refractivity contribution >= 4 is 23.4 Å². The molecule has 1 aliphatic carbocycles. The highest BCUT2D eigenvalue weighted by atomic mass is 19.1. The molecule has 2 aromatic rings. The van der Waals surface area contributed by atoms with Crippen LogP contribution < -0.4 is 15.5 Å². The molecule has 2 N–H and O–H groups in total. The first-order chi connectivity index (χ1) is 14.6. The van der Waals surface area contributed by atoms with E-state index in [-0.39, 0.29) is 17.4 Å². The molecule has 1 aromatic carbocycles. The van der Waals surface area contributed by atoms with Crippen molar-refractivity contribution in [3.8, 4) is 6.07 Å². The number of carbonyl (C=O) groups is 1. The van der Waals surface area contributed by atoms with Crippen molar-refractivity contribution in [1.82, 2.24) is 15.3 Å². The summed E-state index contributed by atoms with van der Waals surface area (Å²) in [6.07, 6.45) is 5.82. The molecule has 0 unspecified atom stereocenters. The lowest BCUT2D eigenvalue weighted by atomic mass is 9.93. The standard InChI is InChI=1S/C22H25FN6O/c1-25-21(30)14-5-4-10-29(13-14)20-17-6-2-3-7-19(17)27-22(28-20)26-16-8-9-18(23)15(11-16)12-24/h8-9,11,14H,2-7,10,13H2,1H3,(H,25,30)(H,26,27,28)/t14-/m1/s1. The zero-order valence-electron chi connectivity index (χ0n) is 17.0. The van der Waals surface area contributed by atoms with Gasteiger partial charge < -0.3 is 15.5 Å². The third kappa shape index (κ3) is 4.06. The lowest BCUT2D eigenvalue weighted by Crippen LogP contribution is -2.43. The summed E-state index contributed by atoms with van der Waals surface area (Å²) in [5.74, 6) is 0.784. The van der Waals surface area contributed by atoms with Crippen LogP contribution in [-0.2, 0) is 17.6 Å². The summed E-state index contributed by atoms with van der Waals surface area (Å²) in [4.78, 5) is 23.9. The van der Waals surface area contributed by atoms with E-state index >= 15 is 0 Å². The molecule has 7 nitrogen and oxygen atoms in total. The predicted molar refractivity (Wildman–Crippen MR) is 112 cm³/mol. The molecule has 2 heterocycles. The van der Waals surface area contributed by atoms with Crippen molar-refractivity contribution in [3.63, 3.8) is 0 Å². The number of hydrogen-bond donors (Lipinski definition) is 2. The van der Waals surface area contributed by atoms with Crippen LogP contribution in [0.15, 0.2) is 18.2 Å². The second-order valence-electron chi connectivity index (χ2n) is 7.83. The molecule has 4 rings (SSSR count). The Kier molecular flexibility index (Phi) is 5.79. The number of anilines is 3. The highest BCUT2D eigenvalue weighted by Crippen LogP contribution is 2.32. The molecule has 30 heavy (non-hydrogen) atoms. The van der Waals surface area contributed by atoms with Gasteiger partial charge >= 0.3 is 0 Å². The van der Waals surface area contributed by atoms with Gasteiger partial charge in [-0.1, -0.05) is 0 Å². The minimum atomic E-state index is -0.552. The van der Waals surface area contributed by atoms with E-state index in [2.05, 4.69) is 15.5 Å². The van der Waals surface area contributed by atoms with Gasteiger partial charge in [0.05, 0.1) is 17.2 Å². The van der Waals surface area contributed by atoms with Gasteiger partial charge in [0, 0.05) is 31.4 Å². The zero-order chi connectivity index (χ0) is 21.1. The summed E-state index contributed by atoms with van der Waals surface area (Å²) in [6.45, 7) is 1.49. The smallest absolute Gasteiger partial charge is 0.229 e. The molecule has 1 saturated heterocycles. The van der Waals surface area contributed by atoms with E-state index in [9.17, 15) is 9.18 Å². The predicted octanol–water partition coefficient (Wildman–Crippen LogP) is 3.07. The van der Waals surface area contributed by atoms with Gasteiger partial charge in [-0.15, -0.1) is 0 Å². The monoisotopic (exact) mass is 408 g/mol. The number of aryl methyl sites for hydroxylation is 1. The maximum atomic E-state index is 13.7. The third-order valence-corrected chi connectivity index (χ3v) is 5.84. The van der Waals surface area contributed by atoms with E-state index in [0.717, 1.165) is 56.6 Å². The van der Waals surface area contributed by atoms with Gasteiger partial charge in [0.1, 0.15) is 17.7 Å². The topological polar surface area (TPSA) is 93.9 Å². The number of hydrogen-bond acceptors (Lipinski definition) is 6. The Morgan fingerprint density at radius 1 is 1.27 bits per heavy atom. The van der Waals surface area contributed by atoms with Gasteiger partial charge in [0.25, 0.3) is 0 Å². The van der Waals surface area contributed by atoms with Gasteiger partial charge in [0.2, 0.25) is 11.9 Å². The van der Waals surface area contributed by atoms with Gasteiger partial charge in [-0.2, -0.15) is 10.2 Å². The largest absolute Gasteiger partial charge is 0.359 e. The lowest BCUT2D eigenvalue weighted by molar-refractivity contribution is -0.124. The first-order valence-corrected chi connectivity index (χ1v) is 10.4. The van der Waals surface area contributed by atoms with Crippen molar-refractivity contribution < 1.29 is 9.18 Å². The van der Waals surface area contributed by atoms with Crippen LogP contribution in [-0.4, -0.2) is 36.0 Å². The quantitative estimate of drug-likeness (QED) is 0.808. The summed E-state index contributed by atoms with van der Waals surface area (Å²) >= 11 is 0. The molecule has 156 valence electrons. The first kappa shape index (κ1) is 20.1. The van der Waals surface area contributed by atoms with Crippen molar-refractivity contribution in [2.75, 3.05) is 30.4 Å². The number of halogens is 1. The highest BCUT2D eigenvalue weighted by Gasteiger charge is 2.29. The molecule has 1 aromatic heterocycles. The molecule has 2 aliphatic rings. The van der Waals surface area contributed by atoms with Gasteiger partial charge in [-0.25, -0.2) is 9.37 Å². The average Bonchev–Trinajstić information content (AvgIpc) is 2.79. The van der Waals surface area contributed by atoms with Gasteiger partial charge in [-0.05, 0) is 56.7 Å². The number of rotatable bonds is 4. The molecule has 1 fully saturated rings. The number of carbonyl (C=O) groups excluding carboxylic acids is 1. The molecular weight excluding hydrogens is 383 g/mol. The second-order valence-corrected chi connectivity index (χ2v) is 7.83. The Bertz CT molecular complexity index is 1000. The molecular formula is C22H25FN6O. The van der Waals surface area contributed by atoms with Crippen LogP contribution in [0.4, 0.5) is 21.8 Å². The van der Waals surface area contributed by atoms with Crippen LogP contribution in [0.3, 0.4) is 0 Å². The summed E-state index contributed by atoms with van der Waals surface area (Å²) in [5, 5.41) is 15.0. The molecule has 8 heteroatoms. The van der Waals surface area contributed by atoms with Crippen LogP contribution in [0, 0.1) is 23.1 Å². The summed E-state index contributed by atoms with van der Waals surface area (Å²) in [7, 11) is 1.67. The molecule has 0 bridgehead atoms. The van der Waals surface area contributed by atoms with Crippen LogP contribution in [0.2, 0.25) is 0 Å². The number of aromatic nitrogens is 2. The van der Waals surface area contributed by atoms with E-state index in [1.165, 1.54) is 17.7 Å². The molecule has 0 spiro atoms. The fourth-order valence-electron chi connectivity index (χ4n) is 4.30. The minimum Gasteiger partial charge on any atom is -0.359 e. The Hall–Kier alpha value is -3.21. The minimum absolute atomic E-state index is 0.0253. The summed E-state index contributed by atoms with van der Waals surface area (Å²) in [6, 6.07) is 6.15. The van der Waals surface area contributed by atoms with Crippen LogP contribution in [0.25, 0.3) is 0 Å². The van der Waals surface area contributed by atoms with Crippen LogP contribution in [0.5, 0.6) is 0 Å². The van der Waals surface area contributed by atoms with Crippen LogP contribution >= 0.6 is 0 Å². The van der Waals surface area contributed by atoms with Crippen molar-refractivity contribution in [2.45, 2.75) is 38.5 Å². The molecule has 0 saturated carbocycles. The number of nitrogens with one attached hydrogen (secondary N) is 2. The fraction of sp³-hybridized carbons (Fsp3) is 0.455. The zero-order valence-corrected chi connectivity index (χ0v) is 17.0. The first-order valence-electron chi connectivity index (χ1n) is 10.4. The average molecular weight is 408 g/mol. The Labute approximate surface area is 175 Å². The normalized spacial score (nSPS) is 18.3. The van der Waals surface area contributed by atoms with Crippen molar-refractivity contribution in [3.05, 3.63) is 40.8 Å². The number of amides is 1. The Morgan fingerprint density at radius 3 is 2.90 bits per heavy atom. The second kappa shape index (κ2) is 8.66. The van der Waals surface area contributed by atoms with E-state index < -0.39 is 5.82 Å². The van der Waals surface area contributed by atoms with Gasteiger partial charge in [0.15, 0.2) is 0 Å². The summed E-state index contributed by atoms with van der Waals surface area (Å²) in [5.41, 5.74) is 2.73. The van der Waals surface area contributed by atoms with Crippen molar-refractivity contribution in [2.24, 2.45) is 5.92 Å². The summed E-state index contributed by atoms with van der Waals surface area (Å²) < 4.78 is 13.7. The fourth-order valence-corrected chi connectivity index (χ4v) is 4.30. The number of piperidine rings is 1. The Morgan fingerprint density at radius 2 is 2.10 bits per heavy atom. The maximum absolute atomic E-state index is 13.7. The van der Waals surface area contributed by atoms with E-state index in [1.807, 2.05) is 6.07 Å². The molecule has 1 atom stereocenters. The van der Waals surface area contributed by atoms with E-state index in [0.29, 0.717) is 18.2 Å². The molecule has 1 amide bonds.